The number of rotatable bonds is 10. The van der Waals surface area contributed by atoms with Gasteiger partial charge in [-0.25, -0.2) is 4.98 Å². The highest BCUT2D eigenvalue weighted by Crippen LogP contribution is 2.38. The molecule has 0 atom stereocenters. The van der Waals surface area contributed by atoms with E-state index in [1.165, 1.54) is 21.3 Å². The molecule has 0 unspecified atom stereocenters. The minimum Gasteiger partial charge on any atom is -0.493 e. The lowest BCUT2D eigenvalue weighted by Crippen LogP contribution is -2.14. The molecule has 4 aromatic rings. The Morgan fingerprint density at radius 3 is 2.29 bits per heavy atom. The molecule has 2 aromatic carbocycles. The van der Waals surface area contributed by atoms with Crippen LogP contribution < -0.4 is 29.0 Å². The summed E-state index contributed by atoms with van der Waals surface area (Å²) in [6, 6.07) is 14.5. The minimum atomic E-state index is -0.212. The Morgan fingerprint density at radius 1 is 0.886 bits per heavy atom. The fourth-order valence-electron chi connectivity index (χ4n) is 3.70. The summed E-state index contributed by atoms with van der Waals surface area (Å²) in [5.74, 6) is 2.28. The molecule has 4 rings (SSSR count). The molecule has 182 valence electrons. The highest BCUT2D eigenvalue weighted by atomic mass is 16.5. The molecule has 0 fully saturated rings. The number of methoxy groups -OCH3 is 4. The maximum Gasteiger partial charge on any atom is 0.228 e. The molecule has 0 saturated heterocycles. The summed E-state index contributed by atoms with van der Waals surface area (Å²) in [5, 5.41) is 2.90. The minimum absolute atomic E-state index is 0.111. The molecule has 1 N–H and O–H groups in total. The van der Waals surface area contributed by atoms with Gasteiger partial charge in [0.25, 0.3) is 0 Å². The van der Waals surface area contributed by atoms with Gasteiger partial charge < -0.3 is 33.4 Å². The van der Waals surface area contributed by atoms with Crippen LogP contribution in [0, 0.1) is 0 Å². The van der Waals surface area contributed by atoms with Gasteiger partial charge >= 0.3 is 0 Å². The lowest BCUT2D eigenvalue weighted by atomic mass is 10.1. The Labute approximate surface area is 203 Å². The number of nitrogens with zero attached hydrogens (tertiary/aromatic N) is 2. The van der Waals surface area contributed by atoms with Crippen molar-refractivity contribution in [2.75, 3.05) is 33.8 Å². The van der Waals surface area contributed by atoms with E-state index in [4.69, 9.17) is 23.7 Å². The number of nitrogens with one attached hydrogen (secondary N) is 1. The van der Waals surface area contributed by atoms with Crippen molar-refractivity contribution in [2.45, 2.75) is 13.0 Å². The van der Waals surface area contributed by atoms with Crippen molar-refractivity contribution in [3.8, 4) is 28.7 Å². The van der Waals surface area contributed by atoms with Gasteiger partial charge in [-0.2, -0.15) is 0 Å². The first-order valence-electron chi connectivity index (χ1n) is 10.9. The van der Waals surface area contributed by atoms with Gasteiger partial charge in [0, 0.05) is 24.1 Å². The van der Waals surface area contributed by atoms with Crippen LogP contribution in [0.1, 0.15) is 11.3 Å². The van der Waals surface area contributed by atoms with Crippen molar-refractivity contribution in [2.24, 2.45) is 0 Å². The third kappa shape index (κ3) is 5.40. The predicted molar refractivity (Wildman–Crippen MR) is 131 cm³/mol. The van der Waals surface area contributed by atoms with Crippen molar-refractivity contribution in [1.82, 2.24) is 9.38 Å². The summed E-state index contributed by atoms with van der Waals surface area (Å²) in [5.41, 5.74) is 2.91. The molecule has 0 spiro atoms. The number of aromatic nitrogens is 2. The van der Waals surface area contributed by atoms with Crippen LogP contribution in [0.2, 0.25) is 0 Å². The second kappa shape index (κ2) is 10.7. The van der Waals surface area contributed by atoms with E-state index in [2.05, 4.69) is 10.3 Å². The normalized spacial score (nSPS) is 10.6. The number of imidazole rings is 1. The van der Waals surface area contributed by atoms with Crippen LogP contribution in [-0.4, -0.2) is 43.7 Å². The van der Waals surface area contributed by atoms with Crippen LogP contribution in [0.3, 0.4) is 0 Å². The summed E-state index contributed by atoms with van der Waals surface area (Å²) >= 11 is 0. The lowest BCUT2D eigenvalue weighted by molar-refractivity contribution is -0.115. The van der Waals surface area contributed by atoms with Crippen LogP contribution in [-0.2, 0) is 17.8 Å². The Bertz CT molecular complexity index is 1280. The van der Waals surface area contributed by atoms with Gasteiger partial charge in [0.2, 0.25) is 11.7 Å². The smallest absolute Gasteiger partial charge is 0.228 e. The number of anilines is 1. The molecule has 1 amide bonds. The van der Waals surface area contributed by atoms with Crippen molar-refractivity contribution < 1.29 is 28.5 Å². The summed E-state index contributed by atoms with van der Waals surface area (Å²) in [7, 11) is 6.17. The first kappa shape index (κ1) is 23.7. The van der Waals surface area contributed by atoms with E-state index in [1.54, 1.807) is 37.4 Å². The number of carbonyl (C=O) groups excluding carboxylic acids is 1. The third-order valence-electron chi connectivity index (χ3n) is 5.33. The van der Waals surface area contributed by atoms with Gasteiger partial charge in [0.15, 0.2) is 23.0 Å². The highest BCUT2D eigenvalue weighted by molar-refractivity contribution is 5.92. The third-order valence-corrected chi connectivity index (χ3v) is 5.33. The number of hydrogen-bond donors (Lipinski definition) is 1. The van der Waals surface area contributed by atoms with Gasteiger partial charge in [0.05, 0.1) is 40.6 Å². The number of benzene rings is 2. The maximum atomic E-state index is 12.8. The second-order valence-corrected chi connectivity index (χ2v) is 7.61. The van der Waals surface area contributed by atoms with E-state index in [0.29, 0.717) is 40.0 Å². The molecule has 9 heteroatoms. The predicted octanol–water partition coefficient (Wildman–Crippen LogP) is 4.13. The van der Waals surface area contributed by atoms with Gasteiger partial charge in [-0.15, -0.1) is 0 Å². The zero-order chi connectivity index (χ0) is 24.8. The SMILES string of the molecule is COc1ccc(NC(=O)Cc2cc(OC)c(OC)c(OC)c2)cc1OCc1cn2ccccc2n1. The van der Waals surface area contributed by atoms with Crippen LogP contribution in [0.25, 0.3) is 5.65 Å². The molecule has 9 nitrogen and oxygen atoms in total. The molecule has 0 aliphatic rings. The van der Waals surface area contributed by atoms with E-state index in [-0.39, 0.29) is 18.9 Å². The second-order valence-electron chi connectivity index (χ2n) is 7.61. The average molecular weight is 478 g/mol. The zero-order valence-corrected chi connectivity index (χ0v) is 20.0. The van der Waals surface area contributed by atoms with Crippen molar-refractivity contribution in [1.29, 1.82) is 0 Å². The van der Waals surface area contributed by atoms with E-state index in [0.717, 1.165) is 11.3 Å². The monoisotopic (exact) mass is 477 g/mol. The van der Waals surface area contributed by atoms with Crippen LogP contribution in [0.4, 0.5) is 5.69 Å². The Hall–Kier alpha value is -4.40. The van der Waals surface area contributed by atoms with Crippen molar-refractivity contribution in [3.05, 3.63) is 72.2 Å². The molecule has 2 heterocycles. The van der Waals surface area contributed by atoms with E-state index in [9.17, 15) is 4.79 Å². The van der Waals surface area contributed by atoms with Crippen molar-refractivity contribution in [3.63, 3.8) is 0 Å². The van der Waals surface area contributed by atoms with Crippen molar-refractivity contribution >= 4 is 17.2 Å². The fraction of sp³-hybridized carbons (Fsp3) is 0.231. The Kier molecular flexibility index (Phi) is 7.25. The molecule has 35 heavy (non-hydrogen) atoms. The topological polar surface area (TPSA) is 92.6 Å². The van der Waals surface area contributed by atoms with Gasteiger partial charge in [-0.1, -0.05) is 6.07 Å². The average Bonchev–Trinajstić information content (AvgIpc) is 3.30. The number of hydrogen-bond acceptors (Lipinski definition) is 7. The van der Waals surface area contributed by atoms with Gasteiger partial charge in [-0.05, 0) is 42.0 Å². The summed E-state index contributed by atoms with van der Waals surface area (Å²) < 4.78 is 29.4. The number of pyridine rings is 1. The van der Waals surface area contributed by atoms with E-state index < -0.39 is 0 Å². The molecule has 2 aromatic heterocycles. The molecule has 0 aliphatic carbocycles. The van der Waals surface area contributed by atoms with Crippen LogP contribution >= 0.6 is 0 Å². The molecule has 0 bridgehead atoms. The Morgan fingerprint density at radius 2 is 1.63 bits per heavy atom. The number of ether oxygens (including phenoxy) is 5. The Balaban J connectivity index is 1.46. The maximum absolute atomic E-state index is 12.8. The first-order valence-corrected chi connectivity index (χ1v) is 10.9. The summed E-state index contributed by atoms with van der Waals surface area (Å²) in [4.78, 5) is 17.3. The molecular formula is C26H27N3O6. The lowest BCUT2D eigenvalue weighted by Gasteiger charge is -2.15. The van der Waals surface area contributed by atoms with Crippen LogP contribution in [0.5, 0.6) is 28.7 Å². The molecule has 0 aliphatic heterocycles. The fourth-order valence-corrected chi connectivity index (χ4v) is 3.70. The first-order chi connectivity index (χ1) is 17.0. The standard InChI is InChI=1S/C26H27N3O6/c1-31-20-9-8-18(14-21(20)35-16-19-15-29-10-6-5-7-24(29)27-19)28-25(30)13-17-11-22(32-2)26(34-4)23(12-17)33-3/h5-12,14-15H,13,16H2,1-4H3,(H,28,30). The number of amides is 1. The van der Waals surface area contributed by atoms with E-state index in [1.807, 2.05) is 35.0 Å². The summed E-state index contributed by atoms with van der Waals surface area (Å²) in [6.45, 7) is 0.251. The van der Waals surface area contributed by atoms with Gasteiger partial charge in [0.1, 0.15) is 12.3 Å². The number of carbonyl (C=O) groups is 1. The summed E-state index contributed by atoms with van der Waals surface area (Å²) in [6.07, 6.45) is 3.95. The highest BCUT2D eigenvalue weighted by Gasteiger charge is 2.16. The molecular weight excluding hydrogens is 450 g/mol. The quantitative estimate of drug-likeness (QED) is 0.367. The zero-order valence-electron chi connectivity index (χ0n) is 20.0. The molecule has 0 saturated carbocycles. The largest absolute Gasteiger partial charge is 0.493 e. The number of fused-ring (bicyclic) bond motifs is 1. The van der Waals surface area contributed by atoms with Crippen LogP contribution in [0.15, 0.2) is 60.9 Å². The molecule has 0 radical (unpaired) electrons. The van der Waals surface area contributed by atoms with E-state index >= 15 is 0 Å². The van der Waals surface area contributed by atoms with Gasteiger partial charge in [-0.3, -0.25) is 4.79 Å².